The number of hydrogen-bond donors (Lipinski definition) is 2. The fourth-order valence-electron chi connectivity index (χ4n) is 4.23. The Bertz CT molecular complexity index is 1070. The number of para-hydroxylation sites is 1. The molecule has 2 aromatic rings. The summed E-state index contributed by atoms with van der Waals surface area (Å²) in [5, 5.41) is 0. The normalized spacial score (nSPS) is 17.4. The van der Waals surface area contributed by atoms with E-state index in [9.17, 15) is 18.0 Å². The molecule has 170 valence electrons. The molecule has 1 aromatic heterocycles. The number of anilines is 1. The second-order valence-electron chi connectivity index (χ2n) is 8.06. The Morgan fingerprint density at radius 2 is 1.81 bits per heavy atom. The van der Waals surface area contributed by atoms with Gasteiger partial charge >= 0.3 is 0 Å². The number of benzene rings is 1. The summed E-state index contributed by atoms with van der Waals surface area (Å²) in [4.78, 5) is 30.9. The van der Waals surface area contributed by atoms with Crippen molar-refractivity contribution >= 4 is 27.5 Å². The van der Waals surface area contributed by atoms with E-state index in [1.54, 1.807) is 6.07 Å². The summed E-state index contributed by atoms with van der Waals surface area (Å²) in [6, 6.07) is 11.1. The SMILES string of the molecule is O=C(CN1CCCc2ccccc21)NNC(=O)C1CCN(S(=O)(=O)c2cccnc2)CC1. The van der Waals surface area contributed by atoms with Gasteiger partial charge in [0.25, 0.3) is 5.91 Å². The van der Waals surface area contributed by atoms with Crippen LogP contribution in [0.5, 0.6) is 0 Å². The van der Waals surface area contributed by atoms with E-state index in [1.807, 2.05) is 23.1 Å². The molecule has 9 nitrogen and oxygen atoms in total. The van der Waals surface area contributed by atoms with Crippen molar-refractivity contribution in [2.24, 2.45) is 5.92 Å². The third kappa shape index (κ3) is 4.91. The number of hydrogen-bond acceptors (Lipinski definition) is 6. The molecular weight excluding hydrogens is 430 g/mol. The highest BCUT2D eigenvalue weighted by atomic mass is 32.2. The van der Waals surface area contributed by atoms with E-state index >= 15 is 0 Å². The van der Waals surface area contributed by atoms with Gasteiger partial charge in [-0.15, -0.1) is 0 Å². The van der Waals surface area contributed by atoms with Crippen molar-refractivity contribution in [3.8, 4) is 0 Å². The van der Waals surface area contributed by atoms with Gasteiger partial charge in [0, 0.05) is 43.6 Å². The van der Waals surface area contributed by atoms with Crippen LogP contribution < -0.4 is 15.8 Å². The first-order valence-corrected chi connectivity index (χ1v) is 12.2. The number of piperidine rings is 1. The highest BCUT2D eigenvalue weighted by Gasteiger charge is 2.32. The van der Waals surface area contributed by atoms with Gasteiger partial charge in [-0.1, -0.05) is 18.2 Å². The van der Waals surface area contributed by atoms with Crippen LogP contribution in [0.25, 0.3) is 0 Å². The third-order valence-electron chi connectivity index (χ3n) is 5.96. The zero-order valence-electron chi connectivity index (χ0n) is 17.7. The quantitative estimate of drug-likeness (QED) is 0.650. The standard InChI is InChI=1S/C22H27N5O4S/c28-21(16-26-12-4-6-17-5-1-2-8-20(17)26)24-25-22(29)18-9-13-27(14-10-18)32(30,31)19-7-3-11-23-15-19/h1-3,5,7-8,11,15,18H,4,6,9-10,12-14,16H2,(H,24,28)(H,25,29). The molecule has 0 radical (unpaired) electrons. The van der Waals surface area contributed by atoms with Gasteiger partial charge in [0.05, 0.1) is 6.54 Å². The fourth-order valence-corrected chi connectivity index (χ4v) is 5.66. The molecular formula is C22H27N5O4S. The zero-order chi connectivity index (χ0) is 22.6. The van der Waals surface area contributed by atoms with Crippen LogP contribution in [0.15, 0.2) is 53.7 Å². The lowest BCUT2D eigenvalue weighted by Crippen LogP contribution is -2.50. The van der Waals surface area contributed by atoms with Gasteiger partial charge in [-0.25, -0.2) is 8.42 Å². The summed E-state index contributed by atoms with van der Waals surface area (Å²) < 4.78 is 26.7. The minimum atomic E-state index is -3.61. The molecule has 32 heavy (non-hydrogen) atoms. The molecule has 3 heterocycles. The van der Waals surface area contributed by atoms with Crippen LogP contribution in [-0.4, -0.2) is 55.7 Å². The van der Waals surface area contributed by atoms with Crippen molar-refractivity contribution < 1.29 is 18.0 Å². The van der Waals surface area contributed by atoms with E-state index in [0.29, 0.717) is 12.8 Å². The summed E-state index contributed by atoms with van der Waals surface area (Å²) >= 11 is 0. The summed E-state index contributed by atoms with van der Waals surface area (Å²) in [5.41, 5.74) is 7.30. The summed E-state index contributed by atoms with van der Waals surface area (Å²) in [6.07, 6.45) is 5.61. The molecule has 1 aromatic carbocycles. The highest BCUT2D eigenvalue weighted by molar-refractivity contribution is 7.89. The summed E-state index contributed by atoms with van der Waals surface area (Å²) in [5.74, 6) is -0.936. The van der Waals surface area contributed by atoms with E-state index in [0.717, 1.165) is 25.1 Å². The number of carbonyl (C=O) groups is 2. The number of rotatable bonds is 5. The van der Waals surface area contributed by atoms with Crippen molar-refractivity contribution in [1.82, 2.24) is 20.1 Å². The molecule has 4 rings (SSSR count). The summed E-state index contributed by atoms with van der Waals surface area (Å²) in [7, 11) is -3.61. The maximum Gasteiger partial charge on any atom is 0.257 e. The van der Waals surface area contributed by atoms with Crippen molar-refractivity contribution in [2.75, 3.05) is 31.1 Å². The molecule has 2 aliphatic heterocycles. The molecule has 0 saturated carbocycles. The van der Waals surface area contributed by atoms with Gasteiger partial charge in [0.2, 0.25) is 15.9 Å². The first-order chi connectivity index (χ1) is 15.4. The maximum absolute atomic E-state index is 12.7. The van der Waals surface area contributed by atoms with Crippen LogP contribution in [0.3, 0.4) is 0 Å². The second kappa shape index (κ2) is 9.66. The molecule has 0 atom stereocenters. The number of fused-ring (bicyclic) bond motifs is 1. The molecule has 0 bridgehead atoms. The minimum absolute atomic E-state index is 0.148. The predicted octanol–water partition coefficient (Wildman–Crippen LogP) is 1.08. The van der Waals surface area contributed by atoms with Crippen molar-refractivity contribution in [1.29, 1.82) is 0 Å². The monoisotopic (exact) mass is 457 g/mol. The van der Waals surface area contributed by atoms with Crippen molar-refractivity contribution in [2.45, 2.75) is 30.6 Å². The Balaban J connectivity index is 1.25. The van der Waals surface area contributed by atoms with Crippen LogP contribution in [0.4, 0.5) is 5.69 Å². The molecule has 2 amide bonds. The molecule has 1 fully saturated rings. The van der Waals surface area contributed by atoms with Gasteiger partial charge in [0.15, 0.2) is 0 Å². The van der Waals surface area contributed by atoms with E-state index in [4.69, 9.17) is 0 Å². The number of nitrogens with zero attached hydrogens (tertiary/aromatic N) is 3. The molecule has 0 unspecified atom stereocenters. The number of sulfonamides is 1. The Labute approximate surface area is 187 Å². The van der Waals surface area contributed by atoms with Crippen LogP contribution in [0.2, 0.25) is 0 Å². The molecule has 2 N–H and O–H groups in total. The highest BCUT2D eigenvalue weighted by Crippen LogP contribution is 2.26. The average Bonchev–Trinajstić information content (AvgIpc) is 2.83. The Hall–Kier alpha value is -2.98. The van der Waals surface area contributed by atoms with Crippen molar-refractivity contribution in [3.63, 3.8) is 0 Å². The number of pyridine rings is 1. The lowest BCUT2D eigenvalue weighted by molar-refractivity contribution is -0.131. The van der Waals surface area contributed by atoms with Crippen LogP contribution in [-0.2, 0) is 26.0 Å². The number of carbonyl (C=O) groups excluding carboxylic acids is 2. The van der Waals surface area contributed by atoms with Gasteiger partial charge in [-0.3, -0.25) is 25.4 Å². The number of hydrazine groups is 1. The number of amides is 2. The van der Waals surface area contributed by atoms with Crippen molar-refractivity contribution in [3.05, 3.63) is 54.4 Å². The summed E-state index contributed by atoms with van der Waals surface area (Å²) in [6.45, 7) is 1.45. The van der Waals surface area contributed by atoms with Crippen LogP contribution in [0, 0.1) is 5.92 Å². The number of aromatic nitrogens is 1. The molecule has 0 spiro atoms. The fraction of sp³-hybridized carbons (Fsp3) is 0.409. The van der Waals surface area contributed by atoms with E-state index in [-0.39, 0.29) is 42.3 Å². The van der Waals surface area contributed by atoms with Gasteiger partial charge in [-0.05, 0) is 49.4 Å². The Kier molecular flexibility index (Phi) is 6.71. The van der Waals surface area contributed by atoms with Gasteiger partial charge < -0.3 is 4.90 Å². The zero-order valence-corrected chi connectivity index (χ0v) is 18.6. The van der Waals surface area contributed by atoms with Gasteiger partial charge in [-0.2, -0.15) is 4.31 Å². The van der Waals surface area contributed by atoms with Crippen LogP contribution in [0.1, 0.15) is 24.8 Å². The molecule has 1 saturated heterocycles. The van der Waals surface area contributed by atoms with Crippen LogP contribution >= 0.6 is 0 Å². The number of aryl methyl sites for hydroxylation is 1. The van der Waals surface area contributed by atoms with E-state index in [1.165, 1.54) is 28.3 Å². The molecule has 2 aliphatic rings. The lowest BCUT2D eigenvalue weighted by atomic mass is 9.98. The molecule has 0 aliphatic carbocycles. The predicted molar refractivity (Wildman–Crippen MR) is 119 cm³/mol. The Morgan fingerprint density at radius 3 is 2.56 bits per heavy atom. The minimum Gasteiger partial charge on any atom is -0.362 e. The van der Waals surface area contributed by atoms with E-state index < -0.39 is 10.0 Å². The first-order valence-electron chi connectivity index (χ1n) is 10.8. The number of nitrogens with one attached hydrogen (secondary N) is 2. The third-order valence-corrected chi connectivity index (χ3v) is 7.85. The largest absolute Gasteiger partial charge is 0.362 e. The second-order valence-corrected chi connectivity index (χ2v) is 10.00. The molecule has 10 heteroatoms. The first kappa shape index (κ1) is 22.2. The average molecular weight is 458 g/mol. The smallest absolute Gasteiger partial charge is 0.257 e. The topological polar surface area (TPSA) is 112 Å². The maximum atomic E-state index is 12.7. The lowest BCUT2D eigenvalue weighted by Gasteiger charge is -2.31. The van der Waals surface area contributed by atoms with E-state index in [2.05, 4.69) is 21.9 Å². The van der Waals surface area contributed by atoms with Gasteiger partial charge in [0.1, 0.15) is 4.90 Å². The Morgan fingerprint density at radius 1 is 1.03 bits per heavy atom.